The minimum atomic E-state index is 0.137. The van der Waals surface area contributed by atoms with Gasteiger partial charge in [0.2, 0.25) is 5.91 Å². The summed E-state index contributed by atoms with van der Waals surface area (Å²) in [5.74, 6) is 0.748. The third-order valence-corrected chi connectivity index (χ3v) is 4.23. The topological polar surface area (TPSA) is 37.4 Å². The van der Waals surface area contributed by atoms with Gasteiger partial charge in [-0.25, -0.2) is 0 Å². The summed E-state index contributed by atoms with van der Waals surface area (Å²) < 4.78 is 0.985. The molecule has 1 aromatic rings. The van der Waals surface area contributed by atoms with Crippen molar-refractivity contribution in [3.8, 4) is 0 Å². The van der Waals surface area contributed by atoms with Crippen molar-refractivity contribution in [2.24, 2.45) is 5.92 Å². The van der Waals surface area contributed by atoms with E-state index in [9.17, 15) is 9.59 Å². The minimum Gasteiger partial charge on any atom is -0.343 e. The first-order chi connectivity index (χ1) is 9.06. The molecule has 1 aromatic carbocycles. The molecule has 3 nitrogen and oxygen atoms in total. The standard InChI is InChI=1S/C15H18BrNO2/c1-11(18)17-8-6-12(7-9-17)10-15(19)13-2-4-14(16)5-3-13/h2-5,12H,6-10H2,1H3. The van der Waals surface area contributed by atoms with Crippen molar-refractivity contribution in [3.63, 3.8) is 0 Å². The van der Waals surface area contributed by atoms with E-state index in [4.69, 9.17) is 0 Å². The Morgan fingerprint density at radius 3 is 2.32 bits per heavy atom. The molecule has 0 N–H and O–H groups in total. The number of benzene rings is 1. The highest BCUT2D eigenvalue weighted by atomic mass is 79.9. The van der Waals surface area contributed by atoms with E-state index in [0.717, 1.165) is 36.0 Å². The van der Waals surface area contributed by atoms with Crippen LogP contribution in [0.3, 0.4) is 0 Å². The van der Waals surface area contributed by atoms with Crippen LogP contribution in [0.25, 0.3) is 0 Å². The molecule has 0 radical (unpaired) electrons. The van der Waals surface area contributed by atoms with E-state index in [0.29, 0.717) is 12.3 Å². The number of hydrogen-bond donors (Lipinski definition) is 0. The van der Waals surface area contributed by atoms with Crippen LogP contribution in [-0.4, -0.2) is 29.7 Å². The van der Waals surface area contributed by atoms with Crippen LogP contribution < -0.4 is 0 Å². The van der Waals surface area contributed by atoms with Crippen LogP contribution in [0.1, 0.15) is 36.5 Å². The molecule has 0 spiro atoms. The molecule has 102 valence electrons. The summed E-state index contributed by atoms with van der Waals surface area (Å²) in [5, 5.41) is 0. The molecule has 1 fully saturated rings. The van der Waals surface area contributed by atoms with Gasteiger partial charge in [0.25, 0.3) is 0 Å². The molecule has 0 atom stereocenters. The van der Waals surface area contributed by atoms with Crippen molar-refractivity contribution in [1.82, 2.24) is 4.90 Å². The fraction of sp³-hybridized carbons (Fsp3) is 0.467. The van der Waals surface area contributed by atoms with Gasteiger partial charge >= 0.3 is 0 Å². The second-order valence-corrected chi connectivity index (χ2v) is 6.00. The molecule has 0 aromatic heterocycles. The van der Waals surface area contributed by atoms with Gasteiger partial charge in [0, 0.05) is 36.5 Å². The van der Waals surface area contributed by atoms with Gasteiger partial charge in [0.05, 0.1) is 0 Å². The Balaban J connectivity index is 1.87. The number of piperidine rings is 1. The number of carbonyl (C=O) groups is 2. The number of ketones is 1. The molecule has 1 heterocycles. The Kier molecular flexibility index (Phi) is 4.75. The van der Waals surface area contributed by atoms with E-state index in [1.54, 1.807) is 6.92 Å². The third-order valence-electron chi connectivity index (χ3n) is 3.70. The highest BCUT2D eigenvalue weighted by Gasteiger charge is 2.22. The quantitative estimate of drug-likeness (QED) is 0.800. The Hall–Kier alpha value is -1.16. The lowest BCUT2D eigenvalue weighted by Crippen LogP contribution is -2.37. The van der Waals surface area contributed by atoms with Gasteiger partial charge in [-0.3, -0.25) is 9.59 Å². The summed E-state index contributed by atoms with van der Waals surface area (Å²) in [5.41, 5.74) is 0.775. The van der Waals surface area contributed by atoms with Crippen LogP contribution in [-0.2, 0) is 4.79 Å². The summed E-state index contributed by atoms with van der Waals surface area (Å²) in [6.07, 6.45) is 2.46. The monoisotopic (exact) mass is 323 g/mol. The molecule has 0 aliphatic carbocycles. The van der Waals surface area contributed by atoms with Crippen LogP contribution in [0.4, 0.5) is 0 Å². The summed E-state index contributed by atoms with van der Waals surface area (Å²) in [6.45, 7) is 3.18. The lowest BCUT2D eigenvalue weighted by Gasteiger charge is -2.30. The zero-order chi connectivity index (χ0) is 13.8. The number of amides is 1. The van der Waals surface area contributed by atoms with Gasteiger partial charge in [-0.1, -0.05) is 28.1 Å². The van der Waals surface area contributed by atoms with E-state index in [1.165, 1.54) is 0 Å². The van der Waals surface area contributed by atoms with E-state index < -0.39 is 0 Å². The fourth-order valence-electron chi connectivity index (χ4n) is 2.47. The molecule has 1 amide bonds. The predicted octanol–water partition coefficient (Wildman–Crippen LogP) is 3.28. The average molecular weight is 324 g/mol. The van der Waals surface area contributed by atoms with Gasteiger partial charge in [-0.05, 0) is 30.9 Å². The largest absolute Gasteiger partial charge is 0.343 e. The smallest absolute Gasteiger partial charge is 0.219 e. The Morgan fingerprint density at radius 2 is 1.79 bits per heavy atom. The highest BCUT2D eigenvalue weighted by Crippen LogP contribution is 2.23. The predicted molar refractivity (Wildman–Crippen MR) is 78.1 cm³/mol. The Morgan fingerprint density at radius 1 is 1.21 bits per heavy atom. The molecule has 19 heavy (non-hydrogen) atoms. The van der Waals surface area contributed by atoms with Crippen LogP contribution in [0.15, 0.2) is 28.7 Å². The molecule has 0 unspecified atom stereocenters. The van der Waals surface area contributed by atoms with Crippen LogP contribution in [0.2, 0.25) is 0 Å². The number of halogens is 1. The molecule has 4 heteroatoms. The van der Waals surface area contributed by atoms with Gasteiger partial charge in [0.15, 0.2) is 5.78 Å². The van der Waals surface area contributed by atoms with Gasteiger partial charge < -0.3 is 4.90 Å². The highest BCUT2D eigenvalue weighted by molar-refractivity contribution is 9.10. The van der Waals surface area contributed by atoms with Crippen LogP contribution >= 0.6 is 15.9 Å². The van der Waals surface area contributed by atoms with Crippen molar-refractivity contribution in [2.45, 2.75) is 26.2 Å². The number of carbonyl (C=O) groups excluding carboxylic acids is 2. The Bertz CT molecular complexity index is 462. The second kappa shape index (κ2) is 6.33. The first kappa shape index (κ1) is 14.3. The van der Waals surface area contributed by atoms with Gasteiger partial charge in [-0.15, -0.1) is 0 Å². The maximum Gasteiger partial charge on any atom is 0.219 e. The molecule has 0 saturated carbocycles. The van der Waals surface area contributed by atoms with Gasteiger partial charge in [-0.2, -0.15) is 0 Å². The lowest BCUT2D eigenvalue weighted by atomic mass is 9.90. The van der Waals surface area contributed by atoms with E-state index >= 15 is 0 Å². The number of Topliss-reactive ketones (excluding diaryl/α,β-unsaturated/α-hetero) is 1. The fourth-order valence-corrected chi connectivity index (χ4v) is 2.73. The Labute approximate surface area is 122 Å². The zero-order valence-corrected chi connectivity index (χ0v) is 12.6. The summed E-state index contributed by atoms with van der Waals surface area (Å²) in [4.78, 5) is 25.2. The first-order valence-electron chi connectivity index (χ1n) is 6.60. The molecule has 1 aliphatic heterocycles. The van der Waals surface area contributed by atoms with Crippen molar-refractivity contribution >= 4 is 27.6 Å². The molecule has 2 rings (SSSR count). The molecular weight excluding hydrogens is 306 g/mol. The number of rotatable bonds is 3. The van der Waals surface area contributed by atoms with Crippen molar-refractivity contribution in [3.05, 3.63) is 34.3 Å². The number of likely N-dealkylation sites (tertiary alicyclic amines) is 1. The van der Waals surface area contributed by atoms with Crippen LogP contribution in [0, 0.1) is 5.92 Å². The molecular formula is C15H18BrNO2. The molecule has 0 bridgehead atoms. The maximum absolute atomic E-state index is 12.1. The third kappa shape index (κ3) is 3.90. The lowest BCUT2D eigenvalue weighted by molar-refractivity contribution is -0.130. The van der Waals surface area contributed by atoms with E-state index in [1.807, 2.05) is 29.2 Å². The normalized spacial score (nSPS) is 16.4. The van der Waals surface area contributed by atoms with Crippen molar-refractivity contribution in [2.75, 3.05) is 13.1 Å². The second-order valence-electron chi connectivity index (χ2n) is 5.08. The van der Waals surface area contributed by atoms with E-state index in [-0.39, 0.29) is 11.7 Å². The van der Waals surface area contributed by atoms with Gasteiger partial charge in [0.1, 0.15) is 0 Å². The van der Waals surface area contributed by atoms with E-state index in [2.05, 4.69) is 15.9 Å². The summed E-state index contributed by atoms with van der Waals surface area (Å²) >= 11 is 3.36. The number of hydrogen-bond acceptors (Lipinski definition) is 2. The zero-order valence-electron chi connectivity index (χ0n) is 11.1. The average Bonchev–Trinajstić information content (AvgIpc) is 2.40. The summed E-state index contributed by atoms with van der Waals surface area (Å²) in [7, 11) is 0. The van der Waals surface area contributed by atoms with Crippen molar-refractivity contribution in [1.29, 1.82) is 0 Å². The SMILES string of the molecule is CC(=O)N1CCC(CC(=O)c2ccc(Br)cc2)CC1. The number of nitrogens with zero attached hydrogens (tertiary/aromatic N) is 1. The summed E-state index contributed by atoms with van der Waals surface area (Å²) in [6, 6.07) is 7.51. The minimum absolute atomic E-state index is 0.137. The first-order valence-corrected chi connectivity index (χ1v) is 7.40. The van der Waals surface area contributed by atoms with Crippen LogP contribution in [0.5, 0.6) is 0 Å². The molecule has 1 aliphatic rings. The van der Waals surface area contributed by atoms with Crippen molar-refractivity contribution < 1.29 is 9.59 Å². The maximum atomic E-state index is 12.1. The molecule has 1 saturated heterocycles.